The Bertz CT molecular complexity index is 962. The molecule has 0 bridgehead atoms. The molecule has 0 aliphatic heterocycles. The highest BCUT2D eigenvalue weighted by atomic mass is 127. The van der Waals surface area contributed by atoms with E-state index in [0.717, 1.165) is 37.5 Å². The van der Waals surface area contributed by atoms with Crippen molar-refractivity contribution in [3.05, 3.63) is 56.0 Å². The van der Waals surface area contributed by atoms with Crippen molar-refractivity contribution in [3.63, 3.8) is 0 Å². The minimum absolute atomic E-state index is 0.00944. The van der Waals surface area contributed by atoms with E-state index in [1.807, 2.05) is 49.6 Å². The van der Waals surface area contributed by atoms with Gasteiger partial charge in [-0.15, -0.1) is 0 Å². The highest BCUT2D eigenvalue weighted by Gasteiger charge is 2.13. The van der Waals surface area contributed by atoms with E-state index in [1.165, 1.54) is 5.56 Å². The standard InChI is InChI=1S/C19H21IN4O/c1-11-5-6-15(10-17(11)20)22-19(25)8-7-16-13(3)21-18-9-12(2)23-24(18)14(16)4/h5-6,9-10H,7-8H2,1-4H3,(H,22,25). The van der Waals surface area contributed by atoms with Crippen molar-refractivity contribution in [2.24, 2.45) is 0 Å². The molecule has 0 saturated heterocycles. The summed E-state index contributed by atoms with van der Waals surface area (Å²) in [4.78, 5) is 16.9. The van der Waals surface area contributed by atoms with Crippen LogP contribution >= 0.6 is 22.6 Å². The fourth-order valence-electron chi connectivity index (χ4n) is 2.94. The van der Waals surface area contributed by atoms with Crippen molar-refractivity contribution in [2.75, 3.05) is 5.32 Å². The molecule has 2 aromatic heterocycles. The van der Waals surface area contributed by atoms with Crippen LogP contribution in [0.4, 0.5) is 5.69 Å². The molecule has 1 N–H and O–H groups in total. The van der Waals surface area contributed by atoms with Crippen LogP contribution < -0.4 is 5.32 Å². The Labute approximate surface area is 161 Å². The SMILES string of the molecule is Cc1cc2nc(C)c(CCC(=O)Nc3ccc(C)c(I)c3)c(C)n2n1. The number of fused-ring (bicyclic) bond motifs is 1. The molecule has 0 atom stereocenters. The predicted octanol–water partition coefficient (Wildman–Crippen LogP) is 4.14. The molecular weight excluding hydrogens is 427 g/mol. The number of carbonyl (C=O) groups excluding carboxylic acids is 1. The van der Waals surface area contributed by atoms with Crippen LogP contribution in [0.15, 0.2) is 24.3 Å². The largest absolute Gasteiger partial charge is 0.326 e. The van der Waals surface area contributed by atoms with E-state index in [2.05, 4.69) is 44.9 Å². The second-order valence-corrected chi connectivity index (χ2v) is 7.49. The van der Waals surface area contributed by atoms with Crippen LogP contribution in [0.5, 0.6) is 0 Å². The maximum Gasteiger partial charge on any atom is 0.224 e. The van der Waals surface area contributed by atoms with Gasteiger partial charge in [-0.25, -0.2) is 9.50 Å². The van der Waals surface area contributed by atoms with Crippen LogP contribution in [0.3, 0.4) is 0 Å². The molecule has 5 nitrogen and oxygen atoms in total. The zero-order chi connectivity index (χ0) is 18.1. The van der Waals surface area contributed by atoms with E-state index < -0.39 is 0 Å². The Morgan fingerprint density at radius 3 is 2.68 bits per heavy atom. The first-order valence-electron chi connectivity index (χ1n) is 8.23. The maximum atomic E-state index is 12.3. The zero-order valence-corrected chi connectivity index (χ0v) is 17.0. The molecule has 3 aromatic rings. The fourth-order valence-corrected chi connectivity index (χ4v) is 3.45. The number of benzene rings is 1. The number of nitrogens with one attached hydrogen (secondary N) is 1. The summed E-state index contributed by atoms with van der Waals surface area (Å²) in [5.74, 6) is 0.00944. The topological polar surface area (TPSA) is 59.3 Å². The predicted molar refractivity (Wildman–Crippen MR) is 108 cm³/mol. The van der Waals surface area contributed by atoms with Gasteiger partial charge in [0.15, 0.2) is 5.65 Å². The van der Waals surface area contributed by atoms with Crippen molar-refractivity contribution < 1.29 is 4.79 Å². The van der Waals surface area contributed by atoms with Gasteiger partial charge in [0.05, 0.1) is 5.69 Å². The van der Waals surface area contributed by atoms with E-state index in [4.69, 9.17) is 0 Å². The van der Waals surface area contributed by atoms with Crippen LogP contribution in [-0.4, -0.2) is 20.5 Å². The lowest BCUT2D eigenvalue weighted by Gasteiger charge is -2.11. The first-order valence-corrected chi connectivity index (χ1v) is 9.31. The number of aryl methyl sites for hydroxylation is 4. The molecule has 0 unspecified atom stereocenters. The van der Waals surface area contributed by atoms with Gasteiger partial charge in [-0.3, -0.25) is 4.79 Å². The molecular formula is C19H21IN4O. The lowest BCUT2D eigenvalue weighted by Crippen LogP contribution is -2.14. The highest BCUT2D eigenvalue weighted by Crippen LogP contribution is 2.19. The fraction of sp³-hybridized carbons (Fsp3) is 0.316. The molecule has 1 amide bonds. The van der Waals surface area contributed by atoms with Crippen LogP contribution in [-0.2, 0) is 11.2 Å². The van der Waals surface area contributed by atoms with Crippen molar-refractivity contribution in [1.29, 1.82) is 0 Å². The van der Waals surface area contributed by atoms with Gasteiger partial charge in [0, 0.05) is 33.1 Å². The van der Waals surface area contributed by atoms with Gasteiger partial charge in [-0.05, 0) is 80.0 Å². The molecule has 3 rings (SSSR count). The van der Waals surface area contributed by atoms with Crippen LogP contribution in [0, 0.1) is 31.3 Å². The minimum atomic E-state index is 0.00944. The molecule has 0 saturated carbocycles. The van der Waals surface area contributed by atoms with Crippen molar-refractivity contribution in [2.45, 2.75) is 40.5 Å². The molecule has 0 radical (unpaired) electrons. The van der Waals surface area contributed by atoms with Gasteiger partial charge < -0.3 is 5.32 Å². The summed E-state index contributed by atoms with van der Waals surface area (Å²) in [5.41, 5.74) is 6.94. The number of anilines is 1. The highest BCUT2D eigenvalue weighted by molar-refractivity contribution is 14.1. The Hall–Kier alpha value is -1.96. The normalized spacial score (nSPS) is 11.1. The summed E-state index contributed by atoms with van der Waals surface area (Å²) in [7, 11) is 0. The second kappa shape index (κ2) is 7.11. The minimum Gasteiger partial charge on any atom is -0.326 e. The molecule has 25 heavy (non-hydrogen) atoms. The Kier molecular flexibility index (Phi) is 5.08. The summed E-state index contributed by atoms with van der Waals surface area (Å²) >= 11 is 2.28. The summed E-state index contributed by atoms with van der Waals surface area (Å²) in [5, 5.41) is 7.45. The molecule has 0 aliphatic rings. The molecule has 2 heterocycles. The zero-order valence-electron chi connectivity index (χ0n) is 14.9. The molecule has 0 aliphatic carbocycles. The van der Waals surface area contributed by atoms with Crippen molar-refractivity contribution in [3.8, 4) is 0 Å². The average molecular weight is 448 g/mol. The molecule has 130 valence electrons. The first kappa shape index (κ1) is 17.8. The van der Waals surface area contributed by atoms with Gasteiger partial charge in [0.2, 0.25) is 5.91 Å². The molecule has 1 aromatic carbocycles. The van der Waals surface area contributed by atoms with E-state index >= 15 is 0 Å². The third-order valence-electron chi connectivity index (χ3n) is 4.34. The third-order valence-corrected chi connectivity index (χ3v) is 5.51. The molecule has 6 heteroatoms. The number of rotatable bonds is 4. The van der Waals surface area contributed by atoms with Gasteiger partial charge in [-0.2, -0.15) is 5.10 Å². The Balaban J connectivity index is 1.73. The van der Waals surface area contributed by atoms with Gasteiger partial charge >= 0.3 is 0 Å². The third kappa shape index (κ3) is 3.84. The van der Waals surface area contributed by atoms with Crippen molar-refractivity contribution in [1.82, 2.24) is 14.6 Å². The quantitative estimate of drug-likeness (QED) is 0.611. The number of amides is 1. The van der Waals surface area contributed by atoms with E-state index in [0.29, 0.717) is 12.8 Å². The lowest BCUT2D eigenvalue weighted by atomic mass is 10.1. The maximum absolute atomic E-state index is 12.3. The molecule has 0 spiro atoms. The number of nitrogens with zero attached hydrogens (tertiary/aromatic N) is 3. The first-order chi connectivity index (χ1) is 11.8. The number of halogens is 1. The molecule has 0 fully saturated rings. The summed E-state index contributed by atoms with van der Waals surface area (Å²) in [6.07, 6.45) is 1.06. The van der Waals surface area contributed by atoms with Crippen LogP contribution in [0.25, 0.3) is 5.65 Å². The van der Waals surface area contributed by atoms with Crippen molar-refractivity contribution >= 4 is 39.8 Å². The number of aromatic nitrogens is 3. The van der Waals surface area contributed by atoms with E-state index in [9.17, 15) is 4.79 Å². The average Bonchev–Trinajstić information content (AvgIpc) is 2.91. The van der Waals surface area contributed by atoms with Crippen LogP contribution in [0.1, 0.15) is 34.6 Å². The Morgan fingerprint density at radius 1 is 1.20 bits per heavy atom. The Morgan fingerprint density at radius 2 is 1.96 bits per heavy atom. The van der Waals surface area contributed by atoms with Crippen LogP contribution in [0.2, 0.25) is 0 Å². The van der Waals surface area contributed by atoms with Gasteiger partial charge in [-0.1, -0.05) is 6.07 Å². The summed E-state index contributed by atoms with van der Waals surface area (Å²) in [6, 6.07) is 7.91. The smallest absolute Gasteiger partial charge is 0.224 e. The second-order valence-electron chi connectivity index (χ2n) is 6.33. The summed E-state index contributed by atoms with van der Waals surface area (Å²) < 4.78 is 3.00. The van der Waals surface area contributed by atoms with Gasteiger partial charge in [0.25, 0.3) is 0 Å². The summed E-state index contributed by atoms with van der Waals surface area (Å²) in [6.45, 7) is 8.03. The lowest BCUT2D eigenvalue weighted by molar-refractivity contribution is -0.116. The van der Waals surface area contributed by atoms with E-state index in [1.54, 1.807) is 0 Å². The van der Waals surface area contributed by atoms with Gasteiger partial charge in [0.1, 0.15) is 0 Å². The number of hydrogen-bond donors (Lipinski definition) is 1. The number of hydrogen-bond acceptors (Lipinski definition) is 3. The monoisotopic (exact) mass is 448 g/mol. The number of carbonyl (C=O) groups is 1. The van der Waals surface area contributed by atoms with E-state index in [-0.39, 0.29) is 5.91 Å².